The van der Waals surface area contributed by atoms with Crippen molar-refractivity contribution in [2.45, 2.75) is 37.3 Å². The number of fused-ring (bicyclic) bond motifs is 1. The fraction of sp³-hybridized carbons (Fsp3) is 0.258. The van der Waals surface area contributed by atoms with Crippen LogP contribution in [-0.4, -0.2) is 52.9 Å². The summed E-state index contributed by atoms with van der Waals surface area (Å²) in [6.45, 7) is -0.133. The summed E-state index contributed by atoms with van der Waals surface area (Å²) >= 11 is 0. The molecule has 0 saturated heterocycles. The third-order valence-corrected chi connectivity index (χ3v) is 7.34. The summed E-state index contributed by atoms with van der Waals surface area (Å²) in [7, 11) is 1.45. The average Bonchev–Trinajstić information content (AvgIpc) is 3.36. The molecule has 2 aromatic carbocycles. The lowest BCUT2D eigenvalue weighted by molar-refractivity contribution is -0.139. The van der Waals surface area contributed by atoms with Gasteiger partial charge in [-0.1, -0.05) is 42.5 Å². The number of carbonyl (C=O) groups excluding carboxylic acids is 2. The monoisotopic (exact) mass is 600 g/mol. The summed E-state index contributed by atoms with van der Waals surface area (Å²) in [6.07, 6.45) is -7.90. The standard InChI is InChI=1S/C31H26F6N4O2/c1-41-16-20(15-31(35,36)37)28-26(30(41)43)25(18-5-3-2-4-6-18)27(40-28)19-11-12-38-24(13-19)39-29(42)22(14-23(33)34)17-7-9-21(32)10-8-17/h2-13,20,22-23,40H,14-16H2,1H3,(H,38,39,42). The van der Waals surface area contributed by atoms with Crippen molar-refractivity contribution >= 4 is 17.6 Å². The van der Waals surface area contributed by atoms with Crippen LogP contribution in [-0.2, 0) is 4.79 Å². The van der Waals surface area contributed by atoms with Crippen LogP contribution in [0.25, 0.3) is 22.4 Å². The first-order valence-corrected chi connectivity index (χ1v) is 13.4. The van der Waals surface area contributed by atoms with E-state index in [2.05, 4.69) is 15.3 Å². The van der Waals surface area contributed by atoms with Crippen molar-refractivity contribution in [3.8, 4) is 22.4 Å². The molecule has 1 aliphatic rings. The molecular formula is C31H26F6N4O2. The van der Waals surface area contributed by atoms with Gasteiger partial charge in [-0.3, -0.25) is 9.59 Å². The maximum atomic E-state index is 13.5. The number of aromatic nitrogens is 2. The Hall–Kier alpha value is -4.61. The molecule has 5 rings (SSSR count). The van der Waals surface area contributed by atoms with Crippen molar-refractivity contribution in [2.75, 3.05) is 18.9 Å². The van der Waals surface area contributed by atoms with Gasteiger partial charge in [0.2, 0.25) is 12.3 Å². The molecule has 0 bridgehead atoms. The zero-order valence-electron chi connectivity index (χ0n) is 22.8. The zero-order valence-corrected chi connectivity index (χ0v) is 22.8. The third kappa shape index (κ3) is 6.58. The van der Waals surface area contributed by atoms with E-state index in [0.29, 0.717) is 22.4 Å². The molecule has 2 atom stereocenters. The first kappa shape index (κ1) is 29.9. The number of hydrogen-bond acceptors (Lipinski definition) is 3. The maximum Gasteiger partial charge on any atom is 0.389 e. The van der Waals surface area contributed by atoms with Gasteiger partial charge in [-0.25, -0.2) is 18.2 Å². The smallest absolute Gasteiger partial charge is 0.357 e. The number of aromatic amines is 1. The summed E-state index contributed by atoms with van der Waals surface area (Å²) in [6, 6.07) is 16.4. The van der Waals surface area contributed by atoms with E-state index >= 15 is 0 Å². The highest BCUT2D eigenvalue weighted by Gasteiger charge is 2.41. The Balaban J connectivity index is 1.57. The van der Waals surface area contributed by atoms with Crippen molar-refractivity contribution in [3.63, 3.8) is 0 Å². The Morgan fingerprint density at radius 2 is 1.74 bits per heavy atom. The number of H-pyrrole nitrogens is 1. The SMILES string of the molecule is CN1CC(CC(F)(F)F)c2[nH]c(-c3ccnc(NC(=O)C(CC(F)F)c4ccc(F)cc4)c3)c(-c3ccccc3)c2C1=O. The van der Waals surface area contributed by atoms with E-state index in [4.69, 9.17) is 0 Å². The van der Waals surface area contributed by atoms with Crippen LogP contribution < -0.4 is 5.32 Å². The van der Waals surface area contributed by atoms with Crippen LogP contribution in [0.4, 0.5) is 32.2 Å². The van der Waals surface area contributed by atoms with Gasteiger partial charge >= 0.3 is 6.18 Å². The topological polar surface area (TPSA) is 78.1 Å². The second-order valence-corrected chi connectivity index (χ2v) is 10.4. The summed E-state index contributed by atoms with van der Waals surface area (Å²) in [5, 5.41) is 2.53. The Bertz CT molecular complexity index is 1620. The van der Waals surface area contributed by atoms with Crippen molar-refractivity contribution < 1.29 is 35.9 Å². The van der Waals surface area contributed by atoms with Crippen LogP contribution in [0.15, 0.2) is 72.9 Å². The highest BCUT2D eigenvalue weighted by molar-refractivity contribution is 6.07. The lowest BCUT2D eigenvalue weighted by Crippen LogP contribution is -2.38. The fourth-order valence-corrected chi connectivity index (χ4v) is 5.43. The number of amides is 2. The van der Waals surface area contributed by atoms with Gasteiger partial charge in [0.1, 0.15) is 11.6 Å². The average molecular weight is 601 g/mol. The summed E-state index contributed by atoms with van der Waals surface area (Å²) in [5.41, 5.74) is 2.19. The number of alkyl halides is 5. The van der Waals surface area contributed by atoms with Crippen LogP contribution in [0, 0.1) is 5.82 Å². The second-order valence-electron chi connectivity index (χ2n) is 10.4. The van der Waals surface area contributed by atoms with Gasteiger partial charge in [0.05, 0.1) is 23.6 Å². The fourth-order valence-electron chi connectivity index (χ4n) is 5.43. The first-order chi connectivity index (χ1) is 20.4. The molecule has 1 aliphatic heterocycles. The molecule has 3 heterocycles. The summed E-state index contributed by atoms with van der Waals surface area (Å²) < 4.78 is 80.8. The number of nitrogens with zero attached hydrogens (tertiary/aromatic N) is 2. The molecular weight excluding hydrogens is 574 g/mol. The molecule has 224 valence electrons. The molecule has 0 radical (unpaired) electrons. The molecule has 0 saturated carbocycles. The largest absolute Gasteiger partial charge is 0.389 e. The van der Waals surface area contributed by atoms with Gasteiger partial charge in [0.15, 0.2) is 0 Å². The summed E-state index contributed by atoms with van der Waals surface area (Å²) in [4.78, 5) is 35.0. The number of carbonyl (C=O) groups is 2. The molecule has 12 heteroatoms. The van der Waals surface area contributed by atoms with Crippen molar-refractivity contribution in [2.24, 2.45) is 0 Å². The normalized spacial score (nSPS) is 15.9. The predicted molar refractivity (Wildman–Crippen MR) is 148 cm³/mol. The van der Waals surface area contributed by atoms with E-state index in [-0.39, 0.29) is 29.2 Å². The number of anilines is 1. The molecule has 6 nitrogen and oxygen atoms in total. The number of hydrogen-bond donors (Lipinski definition) is 2. The van der Waals surface area contributed by atoms with Crippen LogP contribution in [0.3, 0.4) is 0 Å². The first-order valence-electron chi connectivity index (χ1n) is 13.4. The highest BCUT2D eigenvalue weighted by Crippen LogP contribution is 2.44. The van der Waals surface area contributed by atoms with Gasteiger partial charge in [-0.15, -0.1) is 0 Å². The van der Waals surface area contributed by atoms with Gasteiger partial charge in [0.25, 0.3) is 5.91 Å². The lowest BCUT2D eigenvalue weighted by atomic mass is 9.88. The minimum Gasteiger partial charge on any atom is -0.357 e. The number of pyridine rings is 1. The van der Waals surface area contributed by atoms with E-state index in [1.54, 1.807) is 36.4 Å². The van der Waals surface area contributed by atoms with E-state index in [9.17, 15) is 35.9 Å². The van der Waals surface area contributed by atoms with E-state index in [1.165, 1.54) is 36.3 Å². The quantitative estimate of drug-likeness (QED) is 0.207. The minimum atomic E-state index is -4.48. The Labute approximate surface area is 242 Å². The minimum absolute atomic E-state index is 0.00857. The number of benzene rings is 2. The van der Waals surface area contributed by atoms with Crippen LogP contribution in [0.1, 0.15) is 46.3 Å². The molecule has 2 amide bonds. The molecule has 0 fully saturated rings. The summed E-state index contributed by atoms with van der Waals surface area (Å²) in [5.74, 6) is -4.18. The predicted octanol–water partition coefficient (Wildman–Crippen LogP) is 7.38. The Kier molecular flexibility index (Phi) is 8.30. The van der Waals surface area contributed by atoms with Crippen molar-refractivity contribution in [3.05, 3.63) is 95.6 Å². The van der Waals surface area contributed by atoms with E-state index in [0.717, 1.165) is 12.1 Å². The van der Waals surface area contributed by atoms with Crippen LogP contribution in [0.5, 0.6) is 0 Å². The number of halogens is 6. The van der Waals surface area contributed by atoms with Gasteiger partial charge in [-0.2, -0.15) is 13.2 Å². The van der Waals surface area contributed by atoms with E-state index in [1.807, 2.05) is 0 Å². The third-order valence-electron chi connectivity index (χ3n) is 7.34. The van der Waals surface area contributed by atoms with Crippen molar-refractivity contribution in [1.82, 2.24) is 14.9 Å². The molecule has 0 aliphatic carbocycles. The van der Waals surface area contributed by atoms with Crippen LogP contribution >= 0.6 is 0 Å². The second kappa shape index (κ2) is 11.9. The van der Waals surface area contributed by atoms with Gasteiger partial charge < -0.3 is 15.2 Å². The van der Waals surface area contributed by atoms with Crippen molar-refractivity contribution in [1.29, 1.82) is 0 Å². The highest BCUT2D eigenvalue weighted by atomic mass is 19.4. The lowest BCUT2D eigenvalue weighted by Gasteiger charge is -2.30. The van der Waals surface area contributed by atoms with Crippen LogP contribution in [0.2, 0.25) is 0 Å². The Morgan fingerprint density at radius 1 is 1.05 bits per heavy atom. The molecule has 2 aromatic heterocycles. The molecule has 0 spiro atoms. The molecule has 2 unspecified atom stereocenters. The maximum absolute atomic E-state index is 13.5. The molecule has 2 N–H and O–H groups in total. The molecule has 43 heavy (non-hydrogen) atoms. The number of likely N-dealkylation sites (N-methyl/N-ethyl adjacent to an activating group) is 1. The number of rotatable bonds is 8. The number of nitrogens with one attached hydrogen (secondary N) is 2. The van der Waals surface area contributed by atoms with Gasteiger partial charge in [-0.05, 0) is 35.4 Å². The Morgan fingerprint density at radius 3 is 2.40 bits per heavy atom. The van der Waals surface area contributed by atoms with E-state index < -0.39 is 54.9 Å². The molecule has 4 aromatic rings. The van der Waals surface area contributed by atoms with Gasteiger partial charge in [0, 0.05) is 48.9 Å². The zero-order chi connectivity index (χ0) is 30.9.